The van der Waals surface area contributed by atoms with E-state index in [1.807, 2.05) is 24.3 Å². The number of aliphatic hydroxyl groups excluding tert-OH is 1. The molecule has 9 aliphatic carbocycles. The van der Waals surface area contributed by atoms with Crippen LogP contribution in [0.2, 0.25) is 0 Å². The molecule has 252 valence electrons. The van der Waals surface area contributed by atoms with Gasteiger partial charge in [-0.25, -0.2) is 4.79 Å². The van der Waals surface area contributed by atoms with Crippen LogP contribution in [-0.2, 0) is 4.74 Å². The second kappa shape index (κ2) is 9.55. The van der Waals surface area contributed by atoms with E-state index in [1.165, 1.54) is 19.3 Å². The lowest BCUT2D eigenvalue weighted by atomic mass is 9.32. The van der Waals surface area contributed by atoms with Crippen LogP contribution < -0.4 is 4.74 Å². The van der Waals surface area contributed by atoms with Crippen molar-refractivity contribution >= 4 is 11.9 Å². The lowest BCUT2D eigenvalue weighted by molar-refractivity contribution is -0.164. The molecule has 3 spiro atoms. The number of amides is 1. The summed E-state index contributed by atoms with van der Waals surface area (Å²) >= 11 is 0. The number of methoxy groups -OCH3 is 1. The highest BCUT2D eigenvalue weighted by Gasteiger charge is 2.76. The molecule has 4 bridgehead atoms. The number of benzene rings is 1. The minimum Gasteiger partial charge on any atom is -0.497 e. The van der Waals surface area contributed by atoms with Crippen LogP contribution in [0, 0.1) is 56.7 Å². The first-order valence-electron chi connectivity index (χ1n) is 18.6. The van der Waals surface area contributed by atoms with Gasteiger partial charge in [-0.1, -0.05) is 45.9 Å². The number of rotatable bonds is 5. The minimum absolute atomic E-state index is 0.0332. The van der Waals surface area contributed by atoms with Crippen molar-refractivity contribution in [1.82, 2.24) is 4.90 Å². The Morgan fingerprint density at radius 1 is 0.957 bits per heavy atom. The Labute approximate surface area is 280 Å². The van der Waals surface area contributed by atoms with Crippen LogP contribution in [0.5, 0.6) is 5.75 Å². The van der Waals surface area contributed by atoms with E-state index in [0.717, 1.165) is 62.3 Å². The van der Waals surface area contributed by atoms with E-state index in [4.69, 9.17) is 9.47 Å². The molecular weight excluding hydrogens is 586 g/mol. The van der Waals surface area contributed by atoms with E-state index >= 15 is 0 Å². The largest absolute Gasteiger partial charge is 0.497 e. The first kappa shape index (κ1) is 30.5. The summed E-state index contributed by atoms with van der Waals surface area (Å²) in [5.74, 6) is 3.43. The average Bonchev–Trinajstić information content (AvgIpc) is 3.54. The average molecular weight is 640 g/mol. The minimum atomic E-state index is -0.529. The predicted molar refractivity (Wildman–Crippen MR) is 180 cm³/mol. The number of hydrogen-bond acceptors (Lipinski definition) is 5. The highest BCUT2D eigenvalue weighted by molar-refractivity contribution is 6.10. The van der Waals surface area contributed by atoms with Crippen molar-refractivity contribution in [3.63, 3.8) is 0 Å². The second-order valence-corrected chi connectivity index (χ2v) is 18.3. The fourth-order valence-electron chi connectivity index (χ4n) is 13.9. The maximum absolute atomic E-state index is 14.8. The number of fused-ring (bicyclic) bond motifs is 4. The van der Waals surface area contributed by atoms with Gasteiger partial charge in [0.05, 0.1) is 19.8 Å². The van der Waals surface area contributed by atoms with Gasteiger partial charge >= 0.3 is 6.09 Å². The number of hydrogen-bond donors (Lipinski definition) is 1. The molecule has 0 aromatic heterocycles. The fraction of sp³-hybridized carbons (Fsp3) is 0.707. The van der Waals surface area contributed by atoms with Crippen LogP contribution in [-0.4, -0.2) is 53.8 Å². The Hall–Kier alpha value is -2.60. The Morgan fingerprint density at radius 2 is 1.68 bits per heavy atom. The molecule has 6 saturated carbocycles. The van der Waals surface area contributed by atoms with Gasteiger partial charge in [-0.3, -0.25) is 4.79 Å². The van der Waals surface area contributed by atoms with Crippen LogP contribution in [0.25, 0.3) is 0 Å². The van der Waals surface area contributed by atoms with Crippen molar-refractivity contribution in [3.05, 3.63) is 53.6 Å². The Morgan fingerprint density at radius 3 is 2.40 bits per heavy atom. The standard InChI is InChI=1S/C41H53NO5/c1-36(2)27-9-6-26(30(36)20-27)23-42-24-40(47-35(42)45)17-14-33-38(40,4)16-13-32-37(3)15-12-28(43)21-39(37)18-19-41(32,33)31(22-39)34(44)25-7-10-29(46-5)11-8-25/h7-8,10-11,18-19,22,26-28,30,32-33,43H,6,9,12-17,20-21,23-24H2,1-5H3/t26-,27-,28-,30-,32+,33+,37+,38-,39-,40+,41+/m0/s1. The molecule has 1 saturated heterocycles. The van der Waals surface area contributed by atoms with Gasteiger partial charge in [-0.15, -0.1) is 0 Å². The molecule has 1 N–H and O–H groups in total. The molecule has 1 aliphatic heterocycles. The van der Waals surface area contributed by atoms with Gasteiger partial charge in [0.2, 0.25) is 0 Å². The molecule has 47 heavy (non-hydrogen) atoms. The zero-order valence-corrected chi connectivity index (χ0v) is 29.0. The number of nitrogens with zero attached hydrogens (tertiary/aromatic N) is 1. The SMILES string of the molecule is COc1ccc(C(=O)C2=C[C@@]34C=C[C@@]25[C@@H]2CC[C@@]6(CN(C[C@@H]7CC[C@H]8C[C@@H]7C8(C)C)C(=O)O6)[C@@]2(C)CC[C@@H]5[C@@]3(C)CC[C@H](O)C4)cc1. The molecule has 0 unspecified atom stereocenters. The van der Waals surface area contributed by atoms with Gasteiger partial charge in [-0.2, -0.15) is 0 Å². The van der Waals surface area contributed by atoms with Crippen LogP contribution in [0.1, 0.15) is 102 Å². The number of ether oxygens (including phenoxy) is 2. The van der Waals surface area contributed by atoms with Crippen molar-refractivity contribution in [2.75, 3.05) is 20.2 Å². The van der Waals surface area contributed by atoms with Gasteiger partial charge in [0, 0.05) is 33.9 Å². The summed E-state index contributed by atoms with van der Waals surface area (Å²) in [6.45, 7) is 11.2. The number of carbonyl (C=O) groups excluding carboxylic acids is 2. The quantitative estimate of drug-likeness (QED) is 0.261. The number of allylic oxidation sites excluding steroid dienone is 4. The van der Waals surface area contributed by atoms with Crippen molar-refractivity contribution in [1.29, 1.82) is 0 Å². The Bertz CT molecular complexity index is 1590. The first-order chi connectivity index (χ1) is 22.3. The molecule has 1 amide bonds. The van der Waals surface area contributed by atoms with Crippen molar-refractivity contribution in [2.45, 2.75) is 104 Å². The lowest BCUT2D eigenvalue weighted by Crippen LogP contribution is -2.67. The third-order valence-corrected chi connectivity index (χ3v) is 16.7. The second-order valence-electron chi connectivity index (χ2n) is 18.3. The lowest BCUT2D eigenvalue weighted by Gasteiger charge is -2.71. The van der Waals surface area contributed by atoms with Crippen LogP contribution in [0.15, 0.2) is 48.1 Å². The van der Waals surface area contributed by atoms with E-state index in [-0.39, 0.29) is 40.1 Å². The maximum Gasteiger partial charge on any atom is 0.410 e. The third kappa shape index (κ3) is 3.62. The molecule has 11 rings (SSSR count). The van der Waals surface area contributed by atoms with Crippen LogP contribution in [0.3, 0.4) is 0 Å². The summed E-state index contributed by atoms with van der Waals surface area (Å²) in [5.41, 5.74) is 0.428. The summed E-state index contributed by atoms with van der Waals surface area (Å²) in [4.78, 5) is 30.7. The van der Waals surface area contributed by atoms with Gasteiger partial charge in [0.25, 0.3) is 0 Å². The van der Waals surface area contributed by atoms with Crippen molar-refractivity contribution in [2.24, 2.45) is 56.7 Å². The number of Topliss-reactive ketones (excluding diaryl/α,β-unsaturated/α-hetero) is 1. The van der Waals surface area contributed by atoms with Crippen molar-refractivity contribution in [3.8, 4) is 5.75 Å². The summed E-state index contributed by atoms with van der Waals surface area (Å²) < 4.78 is 12.1. The number of aliphatic hydroxyl groups is 1. The summed E-state index contributed by atoms with van der Waals surface area (Å²) in [6, 6.07) is 7.56. The van der Waals surface area contributed by atoms with Crippen LogP contribution >= 0.6 is 0 Å². The molecular formula is C41H53NO5. The van der Waals surface area contributed by atoms with Gasteiger partial charge in [-0.05, 0) is 129 Å². The molecule has 0 radical (unpaired) electrons. The molecule has 1 aromatic carbocycles. The molecule has 7 fully saturated rings. The molecule has 10 aliphatic rings. The molecule has 6 nitrogen and oxygen atoms in total. The normalized spacial score (nSPS) is 48.3. The zero-order chi connectivity index (χ0) is 32.8. The van der Waals surface area contributed by atoms with E-state index in [2.05, 4.69) is 50.8 Å². The number of ketones is 1. The highest BCUT2D eigenvalue weighted by Crippen LogP contribution is 2.79. The fourth-order valence-corrected chi connectivity index (χ4v) is 13.9. The highest BCUT2D eigenvalue weighted by atomic mass is 16.6. The first-order valence-corrected chi connectivity index (χ1v) is 18.6. The molecule has 1 aromatic rings. The van der Waals surface area contributed by atoms with Crippen LogP contribution in [0.4, 0.5) is 4.79 Å². The third-order valence-electron chi connectivity index (χ3n) is 16.7. The zero-order valence-electron chi connectivity index (χ0n) is 29.0. The Kier molecular flexibility index (Phi) is 6.19. The number of carbonyl (C=O) groups is 2. The summed E-state index contributed by atoms with van der Waals surface area (Å²) in [5, 5.41) is 11.0. The van der Waals surface area contributed by atoms with E-state index < -0.39 is 11.0 Å². The van der Waals surface area contributed by atoms with E-state index in [1.54, 1.807) is 7.11 Å². The summed E-state index contributed by atoms with van der Waals surface area (Å²) in [6.07, 6.45) is 16.7. The van der Waals surface area contributed by atoms with Gasteiger partial charge < -0.3 is 19.5 Å². The van der Waals surface area contributed by atoms with Crippen molar-refractivity contribution < 1.29 is 24.2 Å². The topological polar surface area (TPSA) is 76.1 Å². The van der Waals surface area contributed by atoms with Gasteiger partial charge in [0.15, 0.2) is 5.78 Å². The monoisotopic (exact) mass is 639 g/mol. The Balaban J connectivity index is 1.09. The van der Waals surface area contributed by atoms with Gasteiger partial charge in [0.1, 0.15) is 11.4 Å². The molecule has 6 heteroatoms. The molecule has 1 heterocycles. The predicted octanol–water partition coefficient (Wildman–Crippen LogP) is 8.00. The van der Waals surface area contributed by atoms with E-state index in [0.29, 0.717) is 41.7 Å². The maximum atomic E-state index is 14.8. The van der Waals surface area contributed by atoms with E-state index in [9.17, 15) is 14.7 Å². The smallest absolute Gasteiger partial charge is 0.410 e. The molecule has 11 atom stereocenters. The summed E-state index contributed by atoms with van der Waals surface area (Å²) in [7, 11) is 1.65.